The van der Waals surface area contributed by atoms with E-state index in [9.17, 15) is 14.7 Å². The molecule has 0 saturated carbocycles. The smallest absolute Gasteiger partial charge is 0.429 e. The van der Waals surface area contributed by atoms with Crippen LogP contribution in [0.1, 0.15) is 26.3 Å². The Balaban J connectivity index is 2.05. The predicted molar refractivity (Wildman–Crippen MR) is 100.0 cm³/mol. The third kappa shape index (κ3) is 5.83. The van der Waals surface area contributed by atoms with Crippen LogP contribution in [-0.4, -0.2) is 71.8 Å². The van der Waals surface area contributed by atoms with Gasteiger partial charge in [-0.15, -0.1) is 0 Å². The molecule has 0 aromatic heterocycles. The molecule has 0 spiro atoms. The number of hydrogen-bond donors (Lipinski definition) is 2. The second kappa shape index (κ2) is 10.1. The van der Waals surface area contributed by atoms with Crippen molar-refractivity contribution in [2.75, 3.05) is 26.3 Å². The number of hydrogen-bond acceptors (Lipinski definition) is 6. The van der Waals surface area contributed by atoms with E-state index in [1.807, 2.05) is 37.3 Å². The van der Waals surface area contributed by atoms with Gasteiger partial charge in [-0.25, -0.2) is 19.6 Å². The average molecular weight is 379 g/mol. The minimum atomic E-state index is -0.835. The molecule has 2 N–H and O–H groups in total. The lowest BCUT2D eigenvalue weighted by molar-refractivity contribution is -0.0846. The average Bonchev–Trinajstić information content (AvgIpc) is 2.64. The summed E-state index contributed by atoms with van der Waals surface area (Å²) in [6, 6.07) is 9.71. The number of hydrazine groups is 1. The molecule has 8 nitrogen and oxygen atoms in total. The highest BCUT2D eigenvalue weighted by Gasteiger charge is 2.40. The topological polar surface area (TPSA) is 91.3 Å². The molecule has 1 heterocycles. The third-order valence-corrected chi connectivity index (χ3v) is 4.33. The van der Waals surface area contributed by atoms with Gasteiger partial charge in [-0.3, -0.25) is 0 Å². The van der Waals surface area contributed by atoms with Crippen molar-refractivity contribution < 1.29 is 24.2 Å². The van der Waals surface area contributed by atoms with E-state index in [1.165, 1.54) is 10.6 Å². The highest BCUT2D eigenvalue weighted by molar-refractivity contribution is 5.74. The predicted octanol–water partition coefficient (Wildman–Crippen LogP) is 1.78. The number of carbonyl (C=O) groups is 2. The van der Waals surface area contributed by atoms with E-state index < -0.39 is 24.3 Å². The van der Waals surface area contributed by atoms with E-state index in [0.29, 0.717) is 0 Å². The van der Waals surface area contributed by atoms with Crippen LogP contribution in [0.2, 0.25) is 0 Å². The van der Waals surface area contributed by atoms with Crippen LogP contribution in [0.25, 0.3) is 0 Å². The fourth-order valence-electron chi connectivity index (χ4n) is 3.11. The third-order valence-electron chi connectivity index (χ3n) is 4.33. The molecule has 0 bridgehead atoms. The fraction of sp³-hybridized carbons (Fsp3) is 0.579. The monoisotopic (exact) mass is 379 g/mol. The summed E-state index contributed by atoms with van der Waals surface area (Å²) in [6.07, 6.45) is -1.37. The van der Waals surface area contributed by atoms with Crippen LogP contribution in [0.4, 0.5) is 9.59 Å². The van der Waals surface area contributed by atoms with Crippen molar-refractivity contribution in [3.05, 3.63) is 35.9 Å². The Kier molecular flexibility index (Phi) is 7.87. The number of rotatable bonds is 6. The molecule has 1 saturated heterocycles. The quantitative estimate of drug-likeness (QED) is 0.783. The second-order valence-corrected chi connectivity index (χ2v) is 6.49. The largest absolute Gasteiger partial charge is 0.448 e. The van der Waals surface area contributed by atoms with Gasteiger partial charge in [0, 0.05) is 6.04 Å². The molecular weight excluding hydrogens is 350 g/mol. The SMILES string of the molecule is CCOC(=O)N1C[C@H](N[C@@H](C)Cc2ccccc2)[C@@H](O)CN1C(=O)OCC. The van der Waals surface area contributed by atoms with Crippen molar-refractivity contribution in [1.29, 1.82) is 0 Å². The maximum Gasteiger partial charge on any atom is 0.429 e. The minimum absolute atomic E-state index is 0.0482. The van der Waals surface area contributed by atoms with E-state index in [0.717, 1.165) is 11.4 Å². The number of amides is 2. The van der Waals surface area contributed by atoms with E-state index >= 15 is 0 Å². The first-order valence-corrected chi connectivity index (χ1v) is 9.32. The molecule has 0 radical (unpaired) electrons. The zero-order chi connectivity index (χ0) is 19.8. The van der Waals surface area contributed by atoms with Gasteiger partial charge in [0.15, 0.2) is 0 Å². The number of β-amino-alcohol motifs (C(OH)–C–C–N with tert-alkyl or cyclic N) is 1. The Bertz CT molecular complexity index is 613. The highest BCUT2D eigenvalue weighted by atomic mass is 16.6. The molecule has 0 unspecified atom stereocenters. The van der Waals surface area contributed by atoms with Gasteiger partial charge < -0.3 is 19.9 Å². The van der Waals surface area contributed by atoms with Gasteiger partial charge in [0.2, 0.25) is 0 Å². The summed E-state index contributed by atoms with van der Waals surface area (Å²) in [7, 11) is 0. The molecule has 2 amide bonds. The lowest BCUT2D eigenvalue weighted by atomic mass is 10.0. The molecule has 1 fully saturated rings. The summed E-state index contributed by atoms with van der Waals surface area (Å²) in [5.41, 5.74) is 1.18. The van der Waals surface area contributed by atoms with Crippen LogP contribution in [-0.2, 0) is 15.9 Å². The lowest BCUT2D eigenvalue weighted by Crippen LogP contribution is -2.66. The van der Waals surface area contributed by atoms with Gasteiger partial charge in [-0.05, 0) is 32.8 Å². The van der Waals surface area contributed by atoms with Gasteiger partial charge in [0.1, 0.15) is 0 Å². The summed E-state index contributed by atoms with van der Waals surface area (Å²) in [6.45, 7) is 5.83. The Labute approximate surface area is 160 Å². The standard InChI is InChI=1S/C19H29N3O5/c1-4-26-18(24)21-12-16(17(23)13-22(21)19(25)27-5-2)20-14(3)11-15-9-7-6-8-10-15/h6-10,14,16-17,20,23H,4-5,11-13H2,1-3H3/t14-,16-,17-/m0/s1. The summed E-state index contributed by atoms with van der Waals surface area (Å²) in [4.78, 5) is 24.4. The summed E-state index contributed by atoms with van der Waals surface area (Å²) < 4.78 is 10.0. The maximum absolute atomic E-state index is 12.3. The summed E-state index contributed by atoms with van der Waals surface area (Å²) in [5, 5.41) is 16.2. The Morgan fingerprint density at radius 2 is 1.67 bits per heavy atom. The number of aliphatic hydroxyl groups is 1. The van der Waals surface area contributed by atoms with E-state index in [2.05, 4.69) is 5.32 Å². The number of benzene rings is 1. The molecule has 1 aromatic rings. The Morgan fingerprint density at radius 3 is 2.22 bits per heavy atom. The second-order valence-electron chi connectivity index (χ2n) is 6.49. The summed E-state index contributed by atoms with van der Waals surface area (Å²) >= 11 is 0. The Morgan fingerprint density at radius 1 is 1.11 bits per heavy atom. The van der Waals surface area contributed by atoms with E-state index in [1.54, 1.807) is 13.8 Å². The minimum Gasteiger partial charge on any atom is -0.448 e. The first kappa shape index (κ1) is 21.0. The molecule has 2 rings (SSSR count). The van der Waals surface area contributed by atoms with Crippen LogP contribution in [0, 0.1) is 0 Å². The number of ether oxygens (including phenoxy) is 2. The van der Waals surface area contributed by atoms with Crippen molar-refractivity contribution in [1.82, 2.24) is 15.3 Å². The molecule has 27 heavy (non-hydrogen) atoms. The fourth-order valence-corrected chi connectivity index (χ4v) is 3.11. The van der Waals surface area contributed by atoms with Crippen molar-refractivity contribution in [2.24, 2.45) is 0 Å². The molecular formula is C19H29N3O5. The van der Waals surface area contributed by atoms with Crippen LogP contribution in [0.15, 0.2) is 30.3 Å². The van der Waals surface area contributed by atoms with Gasteiger partial charge >= 0.3 is 12.2 Å². The lowest BCUT2D eigenvalue weighted by Gasteiger charge is -2.43. The van der Waals surface area contributed by atoms with Gasteiger partial charge in [0.05, 0.1) is 38.4 Å². The molecule has 3 atom stereocenters. The molecule has 1 aromatic carbocycles. The van der Waals surface area contributed by atoms with Gasteiger partial charge in [-0.1, -0.05) is 30.3 Å². The number of aliphatic hydroxyl groups excluding tert-OH is 1. The Hall–Kier alpha value is -2.32. The first-order valence-electron chi connectivity index (χ1n) is 9.32. The van der Waals surface area contributed by atoms with Crippen molar-refractivity contribution in [3.63, 3.8) is 0 Å². The molecule has 8 heteroatoms. The molecule has 1 aliphatic heterocycles. The number of nitrogens with zero attached hydrogens (tertiary/aromatic N) is 2. The van der Waals surface area contributed by atoms with Crippen LogP contribution in [0.3, 0.4) is 0 Å². The number of nitrogens with one attached hydrogen (secondary N) is 1. The normalized spacial score (nSPS) is 20.9. The van der Waals surface area contributed by atoms with Gasteiger partial charge in [0.25, 0.3) is 0 Å². The van der Waals surface area contributed by atoms with E-state index in [4.69, 9.17) is 9.47 Å². The zero-order valence-corrected chi connectivity index (χ0v) is 16.1. The summed E-state index contributed by atoms with van der Waals surface area (Å²) in [5.74, 6) is 0. The maximum atomic E-state index is 12.3. The van der Waals surface area contributed by atoms with Crippen LogP contribution >= 0.6 is 0 Å². The number of carbonyl (C=O) groups excluding carboxylic acids is 2. The van der Waals surface area contributed by atoms with Crippen LogP contribution < -0.4 is 5.32 Å². The van der Waals surface area contributed by atoms with Gasteiger partial charge in [-0.2, -0.15) is 0 Å². The van der Waals surface area contributed by atoms with Crippen molar-refractivity contribution in [3.8, 4) is 0 Å². The van der Waals surface area contributed by atoms with Crippen LogP contribution in [0.5, 0.6) is 0 Å². The molecule has 150 valence electrons. The van der Waals surface area contributed by atoms with E-state index in [-0.39, 0.29) is 32.3 Å². The first-order chi connectivity index (χ1) is 13.0. The molecule has 0 aliphatic carbocycles. The highest BCUT2D eigenvalue weighted by Crippen LogP contribution is 2.16. The van der Waals surface area contributed by atoms with Crippen molar-refractivity contribution in [2.45, 2.75) is 45.4 Å². The zero-order valence-electron chi connectivity index (χ0n) is 16.1. The molecule has 1 aliphatic rings. The van der Waals surface area contributed by atoms with Crippen molar-refractivity contribution >= 4 is 12.2 Å².